The van der Waals surface area contributed by atoms with Crippen molar-refractivity contribution >= 4 is 0 Å². The van der Waals surface area contributed by atoms with Crippen molar-refractivity contribution in [2.75, 3.05) is 20.3 Å². The van der Waals surface area contributed by atoms with Gasteiger partial charge in [-0.25, -0.2) is 0 Å². The molecule has 2 N–H and O–H groups in total. The minimum Gasteiger partial charge on any atom is -0.496 e. The van der Waals surface area contributed by atoms with Gasteiger partial charge >= 0.3 is 0 Å². The van der Waals surface area contributed by atoms with Gasteiger partial charge < -0.3 is 15.2 Å². The molecule has 1 aromatic rings. The van der Waals surface area contributed by atoms with Crippen molar-refractivity contribution in [2.45, 2.75) is 33.2 Å². The second-order valence-electron chi connectivity index (χ2n) is 4.37. The number of aliphatic hydroxyl groups excluding tert-OH is 1. The van der Waals surface area contributed by atoms with Gasteiger partial charge in [-0.05, 0) is 50.4 Å². The van der Waals surface area contributed by atoms with Gasteiger partial charge in [0.25, 0.3) is 0 Å². The van der Waals surface area contributed by atoms with E-state index in [4.69, 9.17) is 9.84 Å². The molecule has 0 fully saturated rings. The van der Waals surface area contributed by atoms with E-state index in [1.165, 1.54) is 16.7 Å². The van der Waals surface area contributed by atoms with Crippen molar-refractivity contribution in [1.29, 1.82) is 0 Å². The number of ether oxygens (including phenoxy) is 1. The van der Waals surface area contributed by atoms with Gasteiger partial charge in [0.15, 0.2) is 0 Å². The van der Waals surface area contributed by atoms with Gasteiger partial charge in [-0.2, -0.15) is 0 Å². The summed E-state index contributed by atoms with van der Waals surface area (Å²) < 4.78 is 5.41. The summed E-state index contributed by atoms with van der Waals surface area (Å²) in [5.41, 5.74) is 3.71. The molecule has 0 heterocycles. The number of nitrogens with one attached hydrogen (secondary N) is 1. The third-order valence-corrected chi connectivity index (χ3v) is 2.86. The molecule has 0 saturated carbocycles. The molecule has 0 aliphatic rings. The summed E-state index contributed by atoms with van der Waals surface area (Å²) >= 11 is 0. The molecule has 1 aromatic carbocycles. The maximum Gasteiger partial charge on any atom is 0.123 e. The molecule has 0 atom stereocenters. The van der Waals surface area contributed by atoms with Gasteiger partial charge in [0, 0.05) is 18.7 Å². The highest BCUT2D eigenvalue weighted by Crippen LogP contribution is 2.23. The fourth-order valence-electron chi connectivity index (χ4n) is 1.94. The van der Waals surface area contributed by atoms with Crippen LogP contribution in [0.5, 0.6) is 5.75 Å². The normalized spacial score (nSPS) is 10.6. The molecule has 3 nitrogen and oxygen atoms in total. The quantitative estimate of drug-likeness (QED) is 0.714. The van der Waals surface area contributed by atoms with Gasteiger partial charge in [0.1, 0.15) is 5.75 Å². The second kappa shape index (κ2) is 7.30. The molecular weight excluding hydrogens is 214 g/mol. The Morgan fingerprint density at radius 3 is 2.65 bits per heavy atom. The van der Waals surface area contributed by atoms with E-state index in [0.717, 1.165) is 31.7 Å². The molecule has 0 aliphatic heterocycles. The summed E-state index contributed by atoms with van der Waals surface area (Å²) in [6.07, 6.45) is 1.86. The largest absolute Gasteiger partial charge is 0.496 e. The Balaban J connectivity index is 2.57. The van der Waals surface area contributed by atoms with Gasteiger partial charge in [-0.1, -0.05) is 6.07 Å². The molecule has 1 rings (SSSR count). The SMILES string of the molecule is COc1cc(C)cc(C)c1CNCCCCO. The lowest BCUT2D eigenvalue weighted by atomic mass is 10.0. The van der Waals surface area contributed by atoms with E-state index in [2.05, 4.69) is 31.3 Å². The zero-order valence-electron chi connectivity index (χ0n) is 11.0. The van der Waals surface area contributed by atoms with Crippen LogP contribution in [0.4, 0.5) is 0 Å². The van der Waals surface area contributed by atoms with Crippen LogP contribution in [0.3, 0.4) is 0 Å². The minimum absolute atomic E-state index is 0.272. The molecule has 0 radical (unpaired) electrons. The molecule has 0 aromatic heterocycles. The summed E-state index contributed by atoms with van der Waals surface area (Å²) in [6.45, 7) is 6.21. The minimum atomic E-state index is 0.272. The van der Waals surface area contributed by atoms with Gasteiger partial charge in [0.05, 0.1) is 7.11 Å². The van der Waals surface area contributed by atoms with Crippen LogP contribution in [0, 0.1) is 13.8 Å². The number of hydrogen-bond acceptors (Lipinski definition) is 3. The van der Waals surface area contributed by atoms with Crippen LogP contribution in [-0.4, -0.2) is 25.4 Å². The third kappa shape index (κ3) is 4.36. The summed E-state index contributed by atoms with van der Waals surface area (Å²) in [7, 11) is 1.71. The Bertz CT molecular complexity index is 350. The van der Waals surface area contributed by atoms with Crippen LogP contribution in [0.2, 0.25) is 0 Å². The summed E-state index contributed by atoms with van der Waals surface area (Å²) in [4.78, 5) is 0. The molecule has 0 amide bonds. The lowest BCUT2D eigenvalue weighted by molar-refractivity contribution is 0.283. The number of rotatable bonds is 7. The summed E-state index contributed by atoms with van der Waals surface area (Å²) in [5.74, 6) is 0.956. The Hall–Kier alpha value is -1.06. The maximum atomic E-state index is 8.69. The standard InChI is InChI=1S/C14H23NO2/c1-11-8-12(2)13(14(9-11)17-3)10-15-6-4-5-7-16/h8-9,15-16H,4-7,10H2,1-3H3. The van der Waals surface area contributed by atoms with Gasteiger partial charge in [-0.15, -0.1) is 0 Å². The number of benzene rings is 1. The molecule has 3 heteroatoms. The van der Waals surface area contributed by atoms with Crippen molar-refractivity contribution < 1.29 is 9.84 Å². The predicted molar refractivity (Wildman–Crippen MR) is 70.5 cm³/mol. The molecule has 0 aliphatic carbocycles. The van der Waals surface area contributed by atoms with Crippen LogP contribution in [0.15, 0.2) is 12.1 Å². The summed E-state index contributed by atoms with van der Waals surface area (Å²) in [5, 5.41) is 12.1. The fraction of sp³-hybridized carbons (Fsp3) is 0.571. The highest BCUT2D eigenvalue weighted by molar-refractivity contribution is 5.42. The molecule has 0 spiro atoms. The highest BCUT2D eigenvalue weighted by atomic mass is 16.5. The first-order chi connectivity index (χ1) is 8.19. The first-order valence-corrected chi connectivity index (χ1v) is 6.14. The van der Waals surface area contributed by atoms with Crippen molar-refractivity contribution in [2.24, 2.45) is 0 Å². The van der Waals surface area contributed by atoms with E-state index in [9.17, 15) is 0 Å². The number of methoxy groups -OCH3 is 1. The van der Waals surface area contributed by atoms with Gasteiger partial charge in [0.2, 0.25) is 0 Å². The topological polar surface area (TPSA) is 41.5 Å². The smallest absolute Gasteiger partial charge is 0.123 e. The van der Waals surface area contributed by atoms with Crippen LogP contribution in [0.25, 0.3) is 0 Å². The number of aryl methyl sites for hydroxylation is 2. The zero-order valence-corrected chi connectivity index (χ0v) is 11.0. The summed E-state index contributed by atoms with van der Waals surface area (Å²) in [6, 6.07) is 4.24. The number of hydrogen-bond donors (Lipinski definition) is 2. The zero-order chi connectivity index (χ0) is 12.7. The lowest BCUT2D eigenvalue weighted by Gasteiger charge is -2.13. The average Bonchev–Trinajstić information content (AvgIpc) is 2.30. The average molecular weight is 237 g/mol. The van der Waals surface area contributed by atoms with E-state index < -0.39 is 0 Å². The van der Waals surface area contributed by atoms with Crippen molar-refractivity contribution in [1.82, 2.24) is 5.32 Å². The van der Waals surface area contributed by atoms with E-state index in [1.807, 2.05) is 0 Å². The maximum absolute atomic E-state index is 8.69. The molecule has 0 unspecified atom stereocenters. The first-order valence-electron chi connectivity index (χ1n) is 6.14. The fourth-order valence-corrected chi connectivity index (χ4v) is 1.94. The van der Waals surface area contributed by atoms with Crippen molar-refractivity contribution in [3.63, 3.8) is 0 Å². The Labute approximate surface area is 104 Å². The Kier molecular flexibility index (Phi) is 6.01. The van der Waals surface area contributed by atoms with Crippen molar-refractivity contribution in [3.05, 3.63) is 28.8 Å². The Morgan fingerprint density at radius 1 is 1.24 bits per heavy atom. The first kappa shape index (κ1) is 14.0. The molecule has 17 heavy (non-hydrogen) atoms. The Morgan fingerprint density at radius 2 is 2.00 bits per heavy atom. The highest BCUT2D eigenvalue weighted by Gasteiger charge is 2.06. The van der Waals surface area contributed by atoms with Crippen molar-refractivity contribution in [3.8, 4) is 5.75 Å². The monoisotopic (exact) mass is 237 g/mol. The van der Waals surface area contributed by atoms with E-state index in [0.29, 0.717) is 0 Å². The van der Waals surface area contributed by atoms with Crippen LogP contribution < -0.4 is 10.1 Å². The number of unbranched alkanes of at least 4 members (excludes halogenated alkanes) is 1. The van der Waals surface area contributed by atoms with E-state index in [-0.39, 0.29) is 6.61 Å². The molecular formula is C14H23NO2. The van der Waals surface area contributed by atoms with Gasteiger partial charge in [-0.3, -0.25) is 0 Å². The van der Waals surface area contributed by atoms with E-state index >= 15 is 0 Å². The van der Waals surface area contributed by atoms with Crippen LogP contribution in [0.1, 0.15) is 29.5 Å². The molecule has 96 valence electrons. The molecule has 0 bridgehead atoms. The predicted octanol–water partition coefficient (Wildman–Crippen LogP) is 2.17. The second-order valence-corrected chi connectivity index (χ2v) is 4.37. The van der Waals surface area contributed by atoms with Crippen LogP contribution >= 0.6 is 0 Å². The van der Waals surface area contributed by atoms with E-state index in [1.54, 1.807) is 7.11 Å². The lowest BCUT2D eigenvalue weighted by Crippen LogP contribution is -2.16. The van der Waals surface area contributed by atoms with Crippen LogP contribution in [-0.2, 0) is 6.54 Å². The number of aliphatic hydroxyl groups is 1. The molecule has 0 saturated heterocycles. The third-order valence-electron chi connectivity index (χ3n) is 2.86.